The zero-order valence-electron chi connectivity index (χ0n) is 67.2. The van der Waals surface area contributed by atoms with Gasteiger partial charge in [-0.05, 0) is 135 Å². The molecule has 0 aromatic carbocycles. The van der Waals surface area contributed by atoms with Gasteiger partial charge in [0.05, 0.1) is 34.4 Å². The lowest BCUT2D eigenvalue weighted by molar-refractivity contribution is -0.870. The Balaban J connectivity index is 4.08. The van der Waals surface area contributed by atoms with E-state index in [9.17, 15) is 19.5 Å². The minimum absolute atomic E-state index is 0.174. The molecule has 2 unspecified atom stereocenters. The number of hydrogen-bond acceptors (Lipinski definition) is 7. The average Bonchev–Trinajstić information content (AvgIpc) is 1.16. The number of quaternary nitrogens is 1. The molecule has 9 heteroatoms. The maximum Gasteiger partial charge on any atom is 0.361 e. The van der Waals surface area contributed by atoms with Crippen molar-refractivity contribution in [3.63, 3.8) is 0 Å². The summed E-state index contributed by atoms with van der Waals surface area (Å²) in [6, 6.07) is 0. The molecule has 0 aromatic rings. The molecule has 0 bridgehead atoms. The van der Waals surface area contributed by atoms with Crippen LogP contribution >= 0.6 is 0 Å². The second-order valence-corrected chi connectivity index (χ2v) is 29.1. The number of allylic oxidation sites excluding steroid dienone is 28. The number of esters is 2. The van der Waals surface area contributed by atoms with Crippen molar-refractivity contribution in [1.82, 2.24) is 0 Å². The lowest BCUT2D eigenvalue weighted by atomic mass is 10.0. The summed E-state index contributed by atoms with van der Waals surface area (Å²) < 4.78 is 23.0. The van der Waals surface area contributed by atoms with Crippen molar-refractivity contribution in [2.75, 3.05) is 47.5 Å². The van der Waals surface area contributed by atoms with Gasteiger partial charge in [0.25, 0.3) is 6.29 Å². The van der Waals surface area contributed by atoms with Gasteiger partial charge in [0.1, 0.15) is 13.2 Å². The molecule has 586 valence electrons. The van der Waals surface area contributed by atoms with E-state index in [0.29, 0.717) is 17.4 Å². The van der Waals surface area contributed by atoms with Crippen molar-refractivity contribution in [3.8, 4) is 0 Å². The molecule has 9 nitrogen and oxygen atoms in total. The summed E-state index contributed by atoms with van der Waals surface area (Å²) in [5.41, 5.74) is 0. The van der Waals surface area contributed by atoms with E-state index in [2.05, 4.69) is 184 Å². The highest BCUT2D eigenvalue weighted by Gasteiger charge is 2.25. The highest BCUT2D eigenvalue weighted by Crippen LogP contribution is 2.18. The third-order valence-electron chi connectivity index (χ3n) is 18.0. The maximum atomic E-state index is 13.0. The number of nitrogens with zero attached hydrogens (tertiary/aromatic N) is 1. The molecule has 0 saturated heterocycles. The van der Waals surface area contributed by atoms with E-state index < -0.39 is 24.3 Å². The number of carbonyl (C=O) groups is 3. The number of hydrogen-bond donors (Lipinski definition) is 1. The van der Waals surface area contributed by atoms with Gasteiger partial charge in [-0.3, -0.25) is 9.59 Å². The topological polar surface area (TPSA) is 108 Å². The standard InChI is InChI=1S/C94H157NO8/c1-6-8-10-12-14-16-18-20-22-24-26-28-30-32-34-36-38-40-42-44-45-46-47-49-50-52-54-56-58-60-62-64-66-68-70-72-74-76-78-80-82-84-91(96)101-88-90(89-102-94(93(98)99)100-87-86-95(3,4)5)103-92(97)85-83-81-79-77-75-73-71-69-67-65-63-61-59-57-55-53-51-48-43-41-39-37-35-33-31-29-27-25-23-21-19-17-15-13-11-9-7-2/h9,11,15,17-18,20-21,23-24,26-27,29-30,32-33,35,39,41,48,51,55,57,61,63,67,69,73,75,90,94H,6-8,10,12-14,16,19,22,25,28,31,34,36-38,40,42-47,49-50,52-54,56,58-60,62,64-66,68,70-72,74,76-89H2,1-5H3/p+1/b11-9-,17-15-,20-18-,23-21-,26-24-,29-27-,32-30-,35-33-,41-39-,51-48-,57-55-,63-61-,69-67-,75-73-. The number of likely N-dealkylation sites (N-methyl/N-ethyl adjacent to an activating group) is 1. The molecule has 0 rings (SSSR count). The molecule has 0 spiro atoms. The Morgan fingerprint density at radius 2 is 0.553 bits per heavy atom. The Kier molecular flexibility index (Phi) is 78.0. The fourth-order valence-electron chi connectivity index (χ4n) is 11.6. The van der Waals surface area contributed by atoms with Gasteiger partial charge in [-0.2, -0.15) is 0 Å². The minimum atomic E-state index is -1.53. The van der Waals surface area contributed by atoms with Crippen LogP contribution in [0.1, 0.15) is 348 Å². The first-order valence-corrected chi connectivity index (χ1v) is 42.3. The molecular weight excluding hydrogens is 1270 g/mol. The van der Waals surface area contributed by atoms with Crippen molar-refractivity contribution >= 4 is 17.9 Å². The second kappa shape index (κ2) is 82.3. The molecule has 1 N–H and O–H groups in total. The van der Waals surface area contributed by atoms with Crippen LogP contribution < -0.4 is 0 Å². The van der Waals surface area contributed by atoms with Gasteiger partial charge in [0, 0.05) is 12.8 Å². The molecule has 0 aliphatic heterocycles. The molecule has 2 atom stereocenters. The van der Waals surface area contributed by atoms with Gasteiger partial charge in [-0.1, -0.05) is 370 Å². The first kappa shape index (κ1) is 97.7. The predicted molar refractivity (Wildman–Crippen MR) is 446 cm³/mol. The van der Waals surface area contributed by atoms with Gasteiger partial charge >= 0.3 is 17.9 Å². The average molecular weight is 1430 g/mol. The first-order chi connectivity index (χ1) is 50.6. The van der Waals surface area contributed by atoms with E-state index in [-0.39, 0.29) is 38.6 Å². The number of carbonyl (C=O) groups excluding carboxylic acids is 2. The van der Waals surface area contributed by atoms with Crippen LogP contribution in [0.4, 0.5) is 0 Å². The van der Waals surface area contributed by atoms with Crippen LogP contribution in [0, 0.1) is 0 Å². The zero-order valence-corrected chi connectivity index (χ0v) is 67.2. The Morgan fingerprint density at radius 1 is 0.301 bits per heavy atom. The molecule has 0 aliphatic carbocycles. The predicted octanol–water partition coefficient (Wildman–Crippen LogP) is 27.7. The SMILES string of the molecule is CC/C=C\C/C=C\C/C=C\C/C=C\C/C=C\C/C=C\C/C=C\C/C=C\C/C=C\C/C=C\C/C=C\CCCCCC(=O)OC(COC(=O)CCCCCCCCCCCCCCCCCCCCCCCCCCCC/C=C\C/C=C\C/C=C\CCCCCCC)COC(OCC[N+](C)(C)C)C(=O)O. The van der Waals surface area contributed by atoms with Gasteiger partial charge < -0.3 is 28.5 Å². The quantitative estimate of drug-likeness (QED) is 0.0211. The van der Waals surface area contributed by atoms with Crippen LogP contribution in [0.3, 0.4) is 0 Å². The highest BCUT2D eigenvalue weighted by molar-refractivity contribution is 5.71. The molecule has 0 heterocycles. The van der Waals surface area contributed by atoms with Crippen LogP contribution in [0.5, 0.6) is 0 Å². The molecule has 0 fully saturated rings. The van der Waals surface area contributed by atoms with E-state index in [1.165, 1.54) is 193 Å². The monoisotopic (exact) mass is 1430 g/mol. The van der Waals surface area contributed by atoms with Crippen LogP contribution in [0.2, 0.25) is 0 Å². The van der Waals surface area contributed by atoms with E-state index in [1.54, 1.807) is 0 Å². The van der Waals surface area contributed by atoms with Crippen molar-refractivity contribution in [2.24, 2.45) is 0 Å². The largest absolute Gasteiger partial charge is 0.477 e. The Morgan fingerprint density at radius 3 is 0.835 bits per heavy atom. The van der Waals surface area contributed by atoms with Gasteiger partial charge in [0.2, 0.25) is 0 Å². The van der Waals surface area contributed by atoms with Crippen molar-refractivity contribution in [3.05, 3.63) is 170 Å². The fourth-order valence-corrected chi connectivity index (χ4v) is 11.6. The summed E-state index contributed by atoms with van der Waals surface area (Å²) in [5.74, 6) is -2.05. The number of carboxylic acid groups (broad SMARTS) is 1. The first-order valence-electron chi connectivity index (χ1n) is 42.3. The summed E-state index contributed by atoms with van der Waals surface area (Å²) >= 11 is 0. The van der Waals surface area contributed by atoms with Gasteiger partial charge in [-0.15, -0.1) is 0 Å². The maximum absolute atomic E-state index is 13.0. The van der Waals surface area contributed by atoms with Crippen molar-refractivity contribution < 1.29 is 42.9 Å². The van der Waals surface area contributed by atoms with Crippen LogP contribution in [-0.2, 0) is 33.3 Å². The number of unbranched alkanes of at least 4 members (excludes halogenated alkanes) is 34. The number of aliphatic carboxylic acids is 1. The van der Waals surface area contributed by atoms with E-state index in [1.807, 2.05) is 21.1 Å². The molecule has 0 saturated carbocycles. The van der Waals surface area contributed by atoms with Crippen LogP contribution in [0.15, 0.2) is 170 Å². The molecule has 0 aliphatic rings. The summed E-state index contributed by atoms with van der Waals surface area (Å²) in [7, 11) is 5.97. The summed E-state index contributed by atoms with van der Waals surface area (Å²) in [6.45, 7) is 4.73. The molecule has 0 aromatic heterocycles. The third kappa shape index (κ3) is 83.8. The van der Waals surface area contributed by atoms with Crippen LogP contribution in [0.25, 0.3) is 0 Å². The number of ether oxygens (including phenoxy) is 4. The van der Waals surface area contributed by atoms with E-state index in [0.717, 1.165) is 122 Å². The fraction of sp³-hybridized carbons (Fsp3) is 0.670. The lowest BCUT2D eigenvalue weighted by Crippen LogP contribution is -2.40. The Bertz CT molecular complexity index is 2310. The van der Waals surface area contributed by atoms with E-state index in [4.69, 9.17) is 18.9 Å². The smallest absolute Gasteiger partial charge is 0.361 e. The second-order valence-electron chi connectivity index (χ2n) is 29.1. The summed E-state index contributed by atoms with van der Waals surface area (Å²) in [6.07, 6.45) is 121. The molecule has 0 radical (unpaired) electrons. The van der Waals surface area contributed by atoms with E-state index >= 15 is 0 Å². The zero-order chi connectivity index (χ0) is 74.6. The van der Waals surface area contributed by atoms with Gasteiger partial charge in [-0.25, -0.2) is 4.79 Å². The normalized spacial score (nSPS) is 13.5. The molecular formula is C94H158NO8+. The third-order valence-corrected chi connectivity index (χ3v) is 18.0. The van der Waals surface area contributed by atoms with Crippen LogP contribution in [-0.4, -0.2) is 87.4 Å². The minimum Gasteiger partial charge on any atom is -0.477 e. The van der Waals surface area contributed by atoms with Crippen molar-refractivity contribution in [1.29, 1.82) is 0 Å². The Labute approximate surface area is 635 Å². The molecule has 0 amide bonds. The number of carboxylic acids is 1. The number of rotatable bonds is 77. The van der Waals surface area contributed by atoms with Gasteiger partial charge in [0.15, 0.2) is 6.10 Å². The highest BCUT2D eigenvalue weighted by atomic mass is 16.7. The summed E-state index contributed by atoms with van der Waals surface area (Å²) in [5, 5.41) is 9.78. The molecule has 103 heavy (non-hydrogen) atoms. The Hall–Kier alpha value is -5.35. The van der Waals surface area contributed by atoms with Crippen molar-refractivity contribution in [2.45, 2.75) is 360 Å². The summed E-state index contributed by atoms with van der Waals surface area (Å²) in [4.78, 5) is 37.8. The lowest BCUT2D eigenvalue weighted by Gasteiger charge is -2.25.